The van der Waals surface area contributed by atoms with Crippen LogP contribution in [-0.2, 0) is 18.3 Å². The van der Waals surface area contributed by atoms with Crippen molar-refractivity contribution in [2.75, 3.05) is 18.4 Å². The smallest absolute Gasteiger partial charge is 0.410 e. The summed E-state index contributed by atoms with van der Waals surface area (Å²) in [4.78, 5) is 27.8. The lowest BCUT2D eigenvalue weighted by molar-refractivity contribution is 0.0293. The number of aryl methyl sites for hydroxylation is 2. The Kier molecular flexibility index (Phi) is 5.32. The van der Waals surface area contributed by atoms with E-state index in [0.29, 0.717) is 24.4 Å². The fourth-order valence-corrected chi connectivity index (χ4v) is 3.89. The number of nitrogens with zero attached hydrogens (tertiary/aromatic N) is 7. The van der Waals surface area contributed by atoms with Crippen LogP contribution < -0.4 is 5.32 Å². The van der Waals surface area contributed by atoms with E-state index in [9.17, 15) is 4.79 Å². The van der Waals surface area contributed by atoms with E-state index in [0.717, 1.165) is 35.7 Å². The molecule has 0 aromatic carbocycles. The highest BCUT2D eigenvalue weighted by Gasteiger charge is 2.30. The van der Waals surface area contributed by atoms with Crippen molar-refractivity contribution in [1.29, 1.82) is 0 Å². The summed E-state index contributed by atoms with van der Waals surface area (Å²) in [5.41, 5.74) is 2.99. The van der Waals surface area contributed by atoms with Gasteiger partial charge in [-0.15, -0.1) is 0 Å². The fraction of sp³-hybridized carbons (Fsp3) is 0.571. The van der Waals surface area contributed by atoms with Gasteiger partial charge in [0.1, 0.15) is 17.8 Å². The molecule has 0 spiro atoms. The number of carbonyl (C=O) groups is 1. The standard InChI is InChI=1S/C21H30N8O2/c1-7-29-13(2)15(10-24-29)18-26-16-17(22-12-23-19(16)27(18)6)25-14-8-9-28(11-14)20(30)31-21(3,4)5/h10,12,14H,7-9,11H2,1-6H3,(H,22,23,25)/t14-/m0/s1. The van der Waals surface area contributed by atoms with Crippen LogP contribution in [0.3, 0.4) is 0 Å². The highest BCUT2D eigenvalue weighted by molar-refractivity contribution is 5.86. The van der Waals surface area contributed by atoms with Crippen molar-refractivity contribution in [2.24, 2.45) is 7.05 Å². The van der Waals surface area contributed by atoms with E-state index < -0.39 is 5.60 Å². The second kappa shape index (κ2) is 7.82. The van der Waals surface area contributed by atoms with Gasteiger partial charge >= 0.3 is 6.09 Å². The fourth-order valence-electron chi connectivity index (χ4n) is 3.89. The highest BCUT2D eigenvalue weighted by Crippen LogP contribution is 2.28. The van der Waals surface area contributed by atoms with Crippen molar-refractivity contribution in [3.8, 4) is 11.4 Å². The zero-order chi connectivity index (χ0) is 22.3. The molecule has 1 aliphatic heterocycles. The number of anilines is 1. The molecule has 4 heterocycles. The molecule has 1 amide bonds. The summed E-state index contributed by atoms with van der Waals surface area (Å²) in [5.74, 6) is 1.47. The Labute approximate surface area is 181 Å². The molecule has 1 fully saturated rings. The van der Waals surface area contributed by atoms with Gasteiger partial charge in [0.2, 0.25) is 0 Å². The number of amides is 1. The number of imidazole rings is 1. The molecular formula is C21H30N8O2. The van der Waals surface area contributed by atoms with E-state index in [1.165, 1.54) is 0 Å². The second-order valence-electron chi connectivity index (χ2n) is 8.90. The monoisotopic (exact) mass is 426 g/mol. The summed E-state index contributed by atoms with van der Waals surface area (Å²) in [6, 6.07) is 0.0700. The molecule has 10 heteroatoms. The number of hydrogen-bond acceptors (Lipinski definition) is 7. The molecule has 1 aliphatic rings. The largest absolute Gasteiger partial charge is 0.444 e. The van der Waals surface area contributed by atoms with E-state index >= 15 is 0 Å². The highest BCUT2D eigenvalue weighted by atomic mass is 16.6. The van der Waals surface area contributed by atoms with E-state index in [-0.39, 0.29) is 12.1 Å². The molecule has 10 nitrogen and oxygen atoms in total. The molecule has 31 heavy (non-hydrogen) atoms. The van der Waals surface area contributed by atoms with Crippen LogP contribution >= 0.6 is 0 Å². The Hall–Kier alpha value is -3.17. The number of rotatable bonds is 4. The number of nitrogens with one attached hydrogen (secondary N) is 1. The summed E-state index contributed by atoms with van der Waals surface area (Å²) >= 11 is 0. The first-order valence-corrected chi connectivity index (χ1v) is 10.6. The molecule has 3 aromatic heterocycles. The maximum absolute atomic E-state index is 12.4. The minimum Gasteiger partial charge on any atom is -0.444 e. The first kappa shape index (κ1) is 21.1. The third-order valence-corrected chi connectivity index (χ3v) is 5.48. The number of fused-ring (bicyclic) bond motifs is 1. The van der Waals surface area contributed by atoms with Gasteiger partial charge in [0.15, 0.2) is 17.0 Å². The molecule has 0 radical (unpaired) electrons. The van der Waals surface area contributed by atoms with E-state index in [2.05, 4.69) is 27.3 Å². The third kappa shape index (κ3) is 4.06. The lowest BCUT2D eigenvalue weighted by Gasteiger charge is -2.24. The minimum absolute atomic E-state index is 0.0700. The predicted octanol–water partition coefficient (Wildman–Crippen LogP) is 2.98. The maximum Gasteiger partial charge on any atom is 0.410 e. The Morgan fingerprint density at radius 2 is 2.10 bits per heavy atom. The molecule has 0 saturated carbocycles. The van der Waals surface area contributed by atoms with Crippen molar-refractivity contribution in [2.45, 2.75) is 59.2 Å². The van der Waals surface area contributed by atoms with Gasteiger partial charge in [-0.2, -0.15) is 5.10 Å². The average Bonchev–Trinajstić information content (AvgIpc) is 3.39. The normalized spacial score (nSPS) is 16.8. The molecule has 0 unspecified atom stereocenters. The zero-order valence-electron chi connectivity index (χ0n) is 19.0. The molecule has 3 aromatic rings. The Morgan fingerprint density at radius 1 is 1.32 bits per heavy atom. The molecule has 166 valence electrons. The number of carbonyl (C=O) groups excluding carboxylic acids is 1. The average molecular weight is 427 g/mol. The quantitative estimate of drug-likeness (QED) is 0.684. The molecule has 0 bridgehead atoms. The Bertz CT molecular complexity index is 1110. The van der Waals surface area contributed by atoms with Crippen LogP contribution in [0.4, 0.5) is 10.6 Å². The lowest BCUT2D eigenvalue weighted by atomic mass is 10.2. The molecule has 4 rings (SSSR count). The second-order valence-corrected chi connectivity index (χ2v) is 8.90. The van der Waals surface area contributed by atoms with Crippen LogP contribution in [0.5, 0.6) is 0 Å². The van der Waals surface area contributed by atoms with Gasteiger partial charge in [0.05, 0.1) is 11.8 Å². The van der Waals surface area contributed by atoms with Crippen molar-refractivity contribution >= 4 is 23.1 Å². The summed E-state index contributed by atoms with van der Waals surface area (Å²) in [6.45, 7) is 11.7. The van der Waals surface area contributed by atoms with Crippen LogP contribution in [0.2, 0.25) is 0 Å². The SMILES string of the molecule is CCn1ncc(-c2nc3c(N[C@H]4CCN(C(=O)OC(C)(C)C)C4)ncnc3n2C)c1C. The van der Waals surface area contributed by atoms with Gasteiger partial charge in [0, 0.05) is 38.4 Å². The van der Waals surface area contributed by atoms with E-state index in [1.54, 1.807) is 11.2 Å². The molecular weight excluding hydrogens is 396 g/mol. The summed E-state index contributed by atoms with van der Waals surface area (Å²) in [6.07, 6.45) is 3.91. The van der Waals surface area contributed by atoms with Crippen molar-refractivity contribution in [3.63, 3.8) is 0 Å². The molecule has 1 saturated heterocycles. The number of aromatic nitrogens is 6. The third-order valence-electron chi connectivity index (χ3n) is 5.48. The first-order chi connectivity index (χ1) is 14.7. The van der Waals surface area contributed by atoms with Gasteiger partial charge in [-0.3, -0.25) is 4.68 Å². The van der Waals surface area contributed by atoms with Gasteiger partial charge in [-0.25, -0.2) is 19.7 Å². The van der Waals surface area contributed by atoms with Crippen molar-refractivity contribution in [3.05, 3.63) is 18.2 Å². The minimum atomic E-state index is -0.504. The van der Waals surface area contributed by atoms with Gasteiger partial charge in [0.25, 0.3) is 0 Å². The van der Waals surface area contributed by atoms with Crippen LogP contribution in [0.15, 0.2) is 12.5 Å². The maximum atomic E-state index is 12.4. The van der Waals surface area contributed by atoms with Gasteiger partial charge in [-0.1, -0.05) is 0 Å². The predicted molar refractivity (Wildman–Crippen MR) is 118 cm³/mol. The summed E-state index contributed by atoms with van der Waals surface area (Å²) < 4.78 is 9.40. The van der Waals surface area contributed by atoms with Crippen LogP contribution in [-0.4, -0.2) is 65.0 Å². The number of hydrogen-bond donors (Lipinski definition) is 1. The first-order valence-electron chi connectivity index (χ1n) is 10.6. The van der Waals surface area contributed by atoms with Gasteiger partial charge in [-0.05, 0) is 41.0 Å². The van der Waals surface area contributed by atoms with Crippen LogP contribution in [0.25, 0.3) is 22.6 Å². The lowest BCUT2D eigenvalue weighted by Crippen LogP contribution is -2.36. The topological polar surface area (TPSA) is 103 Å². The van der Waals surface area contributed by atoms with Gasteiger partial charge < -0.3 is 19.5 Å². The summed E-state index contributed by atoms with van der Waals surface area (Å²) in [5, 5.41) is 7.90. The Balaban J connectivity index is 1.57. The van der Waals surface area contributed by atoms with Crippen LogP contribution in [0.1, 0.15) is 39.8 Å². The van der Waals surface area contributed by atoms with Crippen molar-refractivity contribution in [1.82, 2.24) is 34.2 Å². The van der Waals surface area contributed by atoms with Crippen molar-refractivity contribution < 1.29 is 9.53 Å². The molecule has 1 N–H and O–H groups in total. The van der Waals surface area contributed by atoms with E-state index in [4.69, 9.17) is 9.72 Å². The zero-order valence-corrected chi connectivity index (χ0v) is 19.0. The molecule has 0 aliphatic carbocycles. The van der Waals surface area contributed by atoms with E-state index in [1.807, 2.05) is 50.2 Å². The molecule has 1 atom stereocenters. The number of ether oxygens (including phenoxy) is 1. The Morgan fingerprint density at radius 3 is 2.77 bits per heavy atom. The van der Waals surface area contributed by atoms with Crippen LogP contribution in [0, 0.1) is 6.92 Å². The summed E-state index contributed by atoms with van der Waals surface area (Å²) in [7, 11) is 1.95. The number of likely N-dealkylation sites (tertiary alicyclic amines) is 1.